The molecule has 3 N–H and O–H groups in total. The molecule has 1 aromatic rings. The molecule has 5 nitrogen and oxygen atoms in total. The van der Waals surface area contributed by atoms with Crippen LogP contribution >= 0.6 is 0 Å². The maximum absolute atomic E-state index is 11.0. The number of primary amides is 1. The van der Waals surface area contributed by atoms with Crippen molar-refractivity contribution >= 4 is 5.91 Å². The Morgan fingerprint density at radius 3 is 2.74 bits per heavy atom. The number of hydrogen-bond acceptors (Lipinski definition) is 4. The first-order chi connectivity index (χ1) is 9.08. The molecule has 0 bridgehead atoms. The van der Waals surface area contributed by atoms with Crippen molar-refractivity contribution in [3.8, 4) is 11.5 Å². The van der Waals surface area contributed by atoms with E-state index in [0.29, 0.717) is 23.7 Å². The average molecular weight is 267 g/mol. The molecule has 0 heterocycles. The van der Waals surface area contributed by atoms with Crippen molar-refractivity contribution in [1.29, 1.82) is 0 Å². The van der Waals surface area contributed by atoms with Gasteiger partial charge < -0.3 is 20.3 Å². The number of benzene rings is 1. The number of carbonyl (C=O) groups excluding carboxylic acids is 1. The second kappa shape index (κ2) is 7.63. The SMILES string of the molecule is CCCOc1ccc(CO)c(OCC(C)C(N)=O)c1. The molecule has 106 valence electrons. The Morgan fingerprint density at radius 1 is 1.42 bits per heavy atom. The molecular weight excluding hydrogens is 246 g/mol. The number of ether oxygens (including phenoxy) is 2. The molecule has 1 aromatic carbocycles. The predicted octanol–water partition coefficient (Wildman–Crippen LogP) is 1.47. The van der Waals surface area contributed by atoms with E-state index in [0.717, 1.165) is 6.42 Å². The van der Waals surface area contributed by atoms with E-state index < -0.39 is 5.91 Å². The highest BCUT2D eigenvalue weighted by atomic mass is 16.5. The zero-order chi connectivity index (χ0) is 14.3. The summed E-state index contributed by atoms with van der Waals surface area (Å²) in [4.78, 5) is 11.0. The van der Waals surface area contributed by atoms with Crippen molar-refractivity contribution in [2.75, 3.05) is 13.2 Å². The van der Waals surface area contributed by atoms with Crippen LogP contribution in [0.25, 0.3) is 0 Å². The molecule has 19 heavy (non-hydrogen) atoms. The smallest absolute Gasteiger partial charge is 0.223 e. The van der Waals surface area contributed by atoms with Crippen molar-refractivity contribution in [3.05, 3.63) is 23.8 Å². The lowest BCUT2D eigenvalue weighted by atomic mass is 10.2. The van der Waals surface area contributed by atoms with Crippen LogP contribution in [0.5, 0.6) is 11.5 Å². The molecule has 0 aliphatic rings. The molecule has 1 rings (SSSR count). The molecule has 0 aromatic heterocycles. The number of carbonyl (C=O) groups is 1. The monoisotopic (exact) mass is 267 g/mol. The summed E-state index contributed by atoms with van der Waals surface area (Å²) < 4.78 is 11.0. The van der Waals surface area contributed by atoms with Gasteiger partial charge in [0.05, 0.1) is 25.7 Å². The molecule has 0 saturated heterocycles. The van der Waals surface area contributed by atoms with E-state index in [2.05, 4.69) is 0 Å². The minimum Gasteiger partial charge on any atom is -0.493 e. The minimum absolute atomic E-state index is 0.131. The van der Waals surface area contributed by atoms with Crippen molar-refractivity contribution in [1.82, 2.24) is 0 Å². The van der Waals surface area contributed by atoms with Gasteiger partial charge in [0.1, 0.15) is 11.5 Å². The molecule has 0 spiro atoms. The van der Waals surface area contributed by atoms with Crippen molar-refractivity contribution < 1.29 is 19.4 Å². The van der Waals surface area contributed by atoms with Gasteiger partial charge in [-0.05, 0) is 18.6 Å². The largest absolute Gasteiger partial charge is 0.493 e. The molecule has 1 unspecified atom stereocenters. The summed E-state index contributed by atoms with van der Waals surface area (Å²) in [6, 6.07) is 5.25. The van der Waals surface area contributed by atoms with Gasteiger partial charge in [0.25, 0.3) is 0 Å². The molecule has 0 radical (unpaired) electrons. The number of aliphatic hydroxyl groups is 1. The topological polar surface area (TPSA) is 81.8 Å². The standard InChI is InChI=1S/C14H21NO4/c1-3-6-18-12-5-4-11(8-16)13(7-12)19-9-10(2)14(15)17/h4-5,7,10,16H,3,6,8-9H2,1-2H3,(H2,15,17). The van der Waals surface area contributed by atoms with Crippen LogP contribution in [-0.4, -0.2) is 24.2 Å². The highest BCUT2D eigenvalue weighted by molar-refractivity contribution is 5.76. The Balaban J connectivity index is 2.75. The highest BCUT2D eigenvalue weighted by Gasteiger charge is 2.12. The van der Waals surface area contributed by atoms with E-state index in [4.69, 9.17) is 15.2 Å². The molecule has 0 aliphatic heterocycles. The minimum atomic E-state index is -0.413. The Hall–Kier alpha value is -1.75. The van der Waals surface area contributed by atoms with Gasteiger partial charge in [0.2, 0.25) is 5.91 Å². The maximum Gasteiger partial charge on any atom is 0.223 e. The van der Waals surface area contributed by atoms with E-state index in [9.17, 15) is 9.90 Å². The number of hydrogen-bond donors (Lipinski definition) is 2. The number of rotatable bonds is 8. The van der Waals surface area contributed by atoms with E-state index in [1.165, 1.54) is 0 Å². The van der Waals surface area contributed by atoms with Crippen molar-refractivity contribution in [3.63, 3.8) is 0 Å². The number of aliphatic hydroxyl groups excluding tert-OH is 1. The first-order valence-corrected chi connectivity index (χ1v) is 6.37. The van der Waals surface area contributed by atoms with E-state index in [1.807, 2.05) is 6.92 Å². The van der Waals surface area contributed by atoms with Gasteiger partial charge in [-0.1, -0.05) is 13.8 Å². The van der Waals surface area contributed by atoms with Crippen LogP contribution in [0.4, 0.5) is 0 Å². The fourth-order valence-corrected chi connectivity index (χ4v) is 1.41. The molecule has 1 amide bonds. The summed E-state index contributed by atoms with van der Waals surface area (Å²) in [6.07, 6.45) is 0.913. The number of amides is 1. The van der Waals surface area contributed by atoms with Gasteiger partial charge in [0, 0.05) is 11.6 Å². The average Bonchev–Trinajstić information content (AvgIpc) is 2.42. The predicted molar refractivity (Wildman–Crippen MR) is 72.0 cm³/mol. The molecule has 1 atom stereocenters. The van der Waals surface area contributed by atoms with Crippen LogP contribution in [0.1, 0.15) is 25.8 Å². The molecule has 5 heteroatoms. The van der Waals surface area contributed by atoms with E-state index in [-0.39, 0.29) is 19.1 Å². The summed E-state index contributed by atoms with van der Waals surface area (Å²) in [7, 11) is 0. The second-order valence-electron chi connectivity index (χ2n) is 4.39. The second-order valence-corrected chi connectivity index (χ2v) is 4.39. The van der Waals surface area contributed by atoms with Crippen LogP contribution in [0.3, 0.4) is 0 Å². The first kappa shape index (κ1) is 15.3. The van der Waals surface area contributed by atoms with Gasteiger partial charge in [-0.3, -0.25) is 4.79 Å². The Labute approximate surface area is 113 Å². The zero-order valence-electron chi connectivity index (χ0n) is 11.4. The fourth-order valence-electron chi connectivity index (χ4n) is 1.41. The normalized spacial score (nSPS) is 11.9. The van der Waals surface area contributed by atoms with Gasteiger partial charge in [0.15, 0.2) is 0 Å². The van der Waals surface area contributed by atoms with Crippen LogP contribution in [0.15, 0.2) is 18.2 Å². The van der Waals surface area contributed by atoms with Crippen LogP contribution in [0.2, 0.25) is 0 Å². The molecular formula is C14H21NO4. The Kier molecular flexibility index (Phi) is 6.15. The third kappa shape index (κ3) is 4.79. The maximum atomic E-state index is 11.0. The molecule has 0 aliphatic carbocycles. The van der Waals surface area contributed by atoms with Crippen LogP contribution in [-0.2, 0) is 11.4 Å². The summed E-state index contributed by atoms with van der Waals surface area (Å²) in [5.41, 5.74) is 5.83. The van der Waals surface area contributed by atoms with Gasteiger partial charge in [-0.25, -0.2) is 0 Å². The first-order valence-electron chi connectivity index (χ1n) is 6.37. The van der Waals surface area contributed by atoms with Gasteiger partial charge in [-0.15, -0.1) is 0 Å². The van der Waals surface area contributed by atoms with Crippen LogP contribution in [0, 0.1) is 5.92 Å². The Morgan fingerprint density at radius 2 is 2.16 bits per heavy atom. The van der Waals surface area contributed by atoms with Gasteiger partial charge in [-0.2, -0.15) is 0 Å². The third-order valence-electron chi connectivity index (χ3n) is 2.66. The number of nitrogens with two attached hydrogens (primary N) is 1. The third-order valence-corrected chi connectivity index (χ3v) is 2.66. The van der Waals surface area contributed by atoms with Crippen LogP contribution < -0.4 is 15.2 Å². The summed E-state index contributed by atoms with van der Waals surface area (Å²) >= 11 is 0. The van der Waals surface area contributed by atoms with E-state index >= 15 is 0 Å². The summed E-state index contributed by atoms with van der Waals surface area (Å²) in [5, 5.41) is 9.25. The van der Waals surface area contributed by atoms with E-state index in [1.54, 1.807) is 25.1 Å². The zero-order valence-corrected chi connectivity index (χ0v) is 11.4. The van der Waals surface area contributed by atoms with Crippen molar-refractivity contribution in [2.24, 2.45) is 11.7 Å². The molecule has 0 saturated carbocycles. The summed E-state index contributed by atoms with van der Waals surface area (Å²) in [6.45, 7) is 4.38. The lowest BCUT2D eigenvalue weighted by Gasteiger charge is -2.14. The molecule has 0 fully saturated rings. The lowest BCUT2D eigenvalue weighted by molar-refractivity contribution is -0.122. The highest BCUT2D eigenvalue weighted by Crippen LogP contribution is 2.25. The van der Waals surface area contributed by atoms with Crippen molar-refractivity contribution in [2.45, 2.75) is 26.9 Å². The Bertz CT molecular complexity index is 420. The lowest BCUT2D eigenvalue weighted by Crippen LogP contribution is -2.26. The quantitative estimate of drug-likeness (QED) is 0.747. The summed E-state index contributed by atoms with van der Waals surface area (Å²) in [5.74, 6) is 0.403. The van der Waals surface area contributed by atoms with Gasteiger partial charge >= 0.3 is 0 Å². The fraction of sp³-hybridized carbons (Fsp3) is 0.500.